The molecule has 0 radical (unpaired) electrons. The standard InChI is InChI=1S/C17H18ClNO4/c1-21-11-5-6-12(15(10-11)22-2)13-4-3-9-19(13)17(20)14-7-8-16(18)23-14/h5-8,10,13H,3-4,9H2,1-2H3/t13-/m0/s1. The van der Waals surface area contributed by atoms with Gasteiger partial charge in [0.2, 0.25) is 0 Å². The third kappa shape index (κ3) is 3.01. The second-order valence-corrected chi connectivity index (χ2v) is 5.74. The molecule has 6 heteroatoms. The largest absolute Gasteiger partial charge is 0.497 e. The van der Waals surface area contributed by atoms with Gasteiger partial charge in [-0.25, -0.2) is 0 Å². The van der Waals surface area contributed by atoms with Crippen LogP contribution in [0.4, 0.5) is 0 Å². The summed E-state index contributed by atoms with van der Waals surface area (Å²) in [6.07, 6.45) is 1.81. The molecule has 1 amide bonds. The topological polar surface area (TPSA) is 51.9 Å². The van der Waals surface area contributed by atoms with Crippen LogP contribution in [0.5, 0.6) is 11.5 Å². The van der Waals surface area contributed by atoms with E-state index in [1.54, 1.807) is 31.3 Å². The average molecular weight is 336 g/mol. The third-order valence-corrected chi connectivity index (χ3v) is 4.30. The number of furan rings is 1. The highest BCUT2D eigenvalue weighted by Gasteiger charge is 2.33. The van der Waals surface area contributed by atoms with Gasteiger partial charge in [-0.2, -0.15) is 0 Å². The first-order chi connectivity index (χ1) is 11.1. The molecule has 2 aromatic rings. The van der Waals surface area contributed by atoms with Gasteiger partial charge >= 0.3 is 0 Å². The van der Waals surface area contributed by atoms with Crippen molar-refractivity contribution < 1.29 is 18.7 Å². The SMILES string of the molecule is COc1ccc([C@@H]2CCCN2C(=O)c2ccc(Cl)o2)c(OC)c1. The van der Waals surface area contributed by atoms with Crippen LogP contribution in [-0.2, 0) is 0 Å². The van der Waals surface area contributed by atoms with Crippen LogP contribution in [0, 0.1) is 0 Å². The van der Waals surface area contributed by atoms with Crippen molar-refractivity contribution in [3.05, 3.63) is 46.9 Å². The fourth-order valence-corrected chi connectivity index (χ4v) is 3.14. The molecule has 1 saturated heterocycles. The molecule has 1 aliphatic heterocycles. The van der Waals surface area contributed by atoms with Crippen LogP contribution in [-0.4, -0.2) is 31.6 Å². The van der Waals surface area contributed by atoms with Crippen LogP contribution in [0.2, 0.25) is 5.22 Å². The number of hydrogen-bond donors (Lipinski definition) is 0. The Bertz CT molecular complexity index is 712. The molecule has 1 aromatic carbocycles. The number of ether oxygens (including phenoxy) is 2. The minimum Gasteiger partial charge on any atom is -0.497 e. The number of methoxy groups -OCH3 is 2. The van der Waals surface area contributed by atoms with E-state index in [0.29, 0.717) is 12.3 Å². The Morgan fingerprint density at radius 1 is 1.26 bits per heavy atom. The summed E-state index contributed by atoms with van der Waals surface area (Å²) in [5.41, 5.74) is 0.969. The van der Waals surface area contributed by atoms with Gasteiger partial charge in [0.15, 0.2) is 11.0 Å². The molecule has 0 aliphatic carbocycles. The van der Waals surface area contributed by atoms with Crippen molar-refractivity contribution in [1.82, 2.24) is 4.90 Å². The molecule has 0 unspecified atom stereocenters. The number of likely N-dealkylation sites (tertiary alicyclic amines) is 1. The van der Waals surface area contributed by atoms with Crippen molar-refractivity contribution in [1.29, 1.82) is 0 Å². The van der Waals surface area contributed by atoms with Gasteiger partial charge in [0.05, 0.1) is 20.3 Å². The number of carbonyl (C=O) groups excluding carboxylic acids is 1. The van der Waals surface area contributed by atoms with Gasteiger partial charge in [-0.1, -0.05) is 0 Å². The molecular formula is C17H18ClNO4. The lowest BCUT2D eigenvalue weighted by Gasteiger charge is -2.25. The minimum atomic E-state index is -0.155. The first kappa shape index (κ1) is 15.7. The molecule has 23 heavy (non-hydrogen) atoms. The van der Waals surface area contributed by atoms with Crippen molar-refractivity contribution in [2.75, 3.05) is 20.8 Å². The maximum atomic E-state index is 12.7. The smallest absolute Gasteiger partial charge is 0.290 e. The van der Waals surface area contributed by atoms with Gasteiger partial charge in [-0.15, -0.1) is 0 Å². The molecule has 3 rings (SSSR count). The minimum absolute atomic E-state index is 0.0489. The molecule has 1 aromatic heterocycles. The first-order valence-corrected chi connectivity index (χ1v) is 7.80. The van der Waals surface area contributed by atoms with Crippen LogP contribution >= 0.6 is 11.6 Å². The zero-order valence-corrected chi connectivity index (χ0v) is 13.8. The number of halogens is 1. The Morgan fingerprint density at radius 2 is 2.09 bits per heavy atom. The summed E-state index contributed by atoms with van der Waals surface area (Å²) in [5.74, 6) is 1.54. The lowest BCUT2D eigenvalue weighted by molar-refractivity contribution is 0.0702. The molecule has 0 bridgehead atoms. The highest BCUT2D eigenvalue weighted by atomic mass is 35.5. The van der Waals surface area contributed by atoms with Crippen molar-refractivity contribution in [3.63, 3.8) is 0 Å². The van der Waals surface area contributed by atoms with Crippen LogP contribution in [0.3, 0.4) is 0 Å². The van der Waals surface area contributed by atoms with Crippen molar-refractivity contribution >= 4 is 17.5 Å². The van der Waals surface area contributed by atoms with Crippen LogP contribution < -0.4 is 9.47 Å². The summed E-state index contributed by atoms with van der Waals surface area (Å²) >= 11 is 5.77. The number of benzene rings is 1. The van der Waals surface area contributed by atoms with Gasteiger partial charge in [-0.05, 0) is 48.7 Å². The van der Waals surface area contributed by atoms with Crippen LogP contribution in [0.1, 0.15) is 35.0 Å². The van der Waals surface area contributed by atoms with Gasteiger partial charge in [0.25, 0.3) is 5.91 Å². The molecule has 1 atom stereocenters. The predicted molar refractivity (Wildman–Crippen MR) is 86.3 cm³/mol. The van der Waals surface area contributed by atoms with E-state index in [1.165, 1.54) is 0 Å². The third-order valence-electron chi connectivity index (χ3n) is 4.10. The zero-order chi connectivity index (χ0) is 16.4. The van der Waals surface area contributed by atoms with Crippen LogP contribution in [0.15, 0.2) is 34.7 Å². The van der Waals surface area contributed by atoms with Crippen molar-refractivity contribution in [2.45, 2.75) is 18.9 Å². The van der Waals surface area contributed by atoms with E-state index in [4.69, 9.17) is 25.5 Å². The molecule has 0 saturated carbocycles. The quantitative estimate of drug-likeness (QED) is 0.849. The van der Waals surface area contributed by atoms with E-state index in [1.807, 2.05) is 18.2 Å². The number of nitrogens with zero attached hydrogens (tertiary/aromatic N) is 1. The second kappa shape index (κ2) is 6.54. The second-order valence-electron chi connectivity index (χ2n) is 5.37. The maximum Gasteiger partial charge on any atom is 0.290 e. The Morgan fingerprint density at radius 3 is 2.74 bits per heavy atom. The predicted octanol–water partition coefficient (Wildman–Crippen LogP) is 3.93. The summed E-state index contributed by atoms with van der Waals surface area (Å²) in [5, 5.41) is 0.214. The van der Waals surface area contributed by atoms with E-state index >= 15 is 0 Å². The average Bonchev–Trinajstić information content (AvgIpc) is 3.22. The summed E-state index contributed by atoms with van der Waals surface area (Å²) < 4.78 is 16.0. The van der Waals surface area contributed by atoms with E-state index in [-0.39, 0.29) is 22.9 Å². The van der Waals surface area contributed by atoms with Gasteiger partial charge < -0.3 is 18.8 Å². The Balaban J connectivity index is 1.91. The highest BCUT2D eigenvalue weighted by Crippen LogP contribution is 2.39. The Hall–Kier alpha value is -2.14. The lowest BCUT2D eigenvalue weighted by atomic mass is 10.0. The van der Waals surface area contributed by atoms with E-state index < -0.39 is 0 Å². The zero-order valence-electron chi connectivity index (χ0n) is 13.0. The lowest BCUT2D eigenvalue weighted by Crippen LogP contribution is -2.30. The highest BCUT2D eigenvalue weighted by molar-refractivity contribution is 6.29. The molecule has 1 aliphatic rings. The Kier molecular flexibility index (Phi) is 4.48. The number of hydrogen-bond acceptors (Lipinski definition) is 4. The van der Waals surface area contributed by atoms with Gasteiger partial charge in [0.1, 0.15) is 11.5 Å². The Labute approximate surface area is 139 Å². The van der Waals surface area contributed by atoms with Crippen LogP contribution in [0.25, 0.3) is 0 Å². The molecule has 5 nitrogen and oxygen atoms in total. The van der Waals surface area contributed by atoms with Crippen molar-refractivity contribution in [3.8, 4) is 11.5 Å². The van der Waals surface area contributed by atoms with E-state index in [9.17, 15) is 4.79 Å². The summed E-state index contributed by atoms with van der Waals surface area (Å²) in [6, 6.07) is 8.79. The maximum absolute atomic E-state index is 12.7. The number of carbonyl (C=O) groups is 1. The van der Waals surface area contributed by atoms with Crippen molar-refractivity contribution in [2.24, 2.45) is 0 Å². The molecule has 1 fully saturated rings. The molecular weight excluding hydrogens is 318 g/mol. The normalized spacial score (nSPS) is 17.3. The fraction of sp³-hybridized carbons (Fsp3) is 0.353. The van der Waals surface area contributed by atoms with E-state index in [0.717, 1.165) is 24.2 Å². The number of amides is 1. The van der Waals surface area contributed by atoms with E-state index in [2.05, 4.69) is 0 Å². The first-order valence-electron chi connectivity index (χ1n) is 7.42. The molecule has 2 heterocycles. The molecule has 122 valence electrons. The fourth-order valence-electron chi connectivity index (χ4n) is 3.00. The van der Waals surface area contributed by atoms with Gasteiger partial charge in [-0.3, -0.25) is 4.79 Å². The number of rotatable bonds is 4. The summed E-state index contributed by atoms with van der Waals surface area (Å²) in [4.78, 5) is 14.5. The monoisotopic (exact) mass is 335 g/mol. The van der Waals surface area contributed by atoms with Gasteiger partial charge in [0, 0.05) is 18.2 Å². The summed E-state index contributed by atoms with van der Waals surface area (Å²) in [6.45, 7) is 0.678. The summed E-state index contributed by atoms with van der Waals surface area (Å²) in [7, 11) is 3.23. The molecule has 0 N–H and O–H groups in total. The molecule has 0 spiro atoms.